The van der Waals surface area contributed by atoms with Crippen LogP contribution in [-0.4, -0.2) is 47.1 Å². The second-order valence-electron chi connectivity index (χ2n) is 2.45. The van der Waals surface area contributed by atoms with E-state index in [0.29, 0.717) is 0 Å². The van der Waals surface area contributed by atoms with Crippen LogP contribution in [0.5, 0.6) is 0 Å². The Hall–Kier alpha value is -0.690. The Kier molecular flexibility index (Phi) is 14.1. The number of carbonyl (C=O) groups excluding carboxylic acids is 1. The van der Waals surface area contributed by atoms with Gasteiger partial charge in [0, 0.05) is 13.0 Å². The predicted octanol–water partition coefficient (Wildman–Crippen LogP) is -2.30. The molecule has 0 aliphatic rings. The Morgan fingerprint density at radius 1 is 1.50 bits per heavy atom. The number of carboxylic acids is 1. The Morgan fingerprint density at radius 2 is 2.00 bits per heavy atom. The molecule has 0 radical (unpaired) electrons. The van der Waals surface area contributed by atoms with E-state index in [4.69, 9.17) is 14.9 Å². The highest BCUT2D eigenvalue weighted by molar-refractivity contribution is 5.69. The lowest BCUT2D eigenvalue weighted by Crippen LogP contribution is -2.40. The molecule has 0 bridgehead atoms. The number of aliphatic hydroxyl groups excluding tert-OH is 2. The first-order chi connectivity index (χ1) is 5.61. The summed E-state index contributed by atoms with van der Waals surface area (Å²) in [6, 6.07) is 0. The van der Waals surface area contributed by atoms with E-state index in [9.17, 15) is 9.90 Å². The molecule has 0 fully saturated rings. The van der Waals surface area contributed by atoms with Crippen molar-refractivity contribution in [3.63, 3.8) is 0 Å². The van der Waals surface area contributed by atoms with E-state index in [0.717, 1.165) is 0 Å². The Bertz CT molecular complexity index is 138. The summed E-state index contributed by atoms with van der Waals surface area (Å²) in [4.78, 5) is 10.3. The molecule has 6 nitrogen and oxygen atoms in total. The van der Waals surface area contributed by atoms with Gasteiger partial charge in [0.2, 0.25) is 0 Å². The van der Waals surface area contributed by atoms with E-state index >= 15 is 0 Å². The number of carboxylic acid groups (broad SMARTS) is 1. The van der Waals surface area contributed by atoms with Crippen LogP contribution in [-0.2, 0) is 9.53 Å². The molecule has 0 aromatic heterocycles. The maximum atomic E-state index is 10.3. The number of hydrogen-bond acceptors (Lipinski definition) is 5. The first-order valence-electron chi connectivity index (χ1n) is 3.69. The number of ether oxygens (including phenoxy) is 1. The van der Waals surface area contributed by atoms with Crippen molar-refractivity contribution in [2.45, 2.75) is 33.0 Å². The molecule has 2 unspecified atom stereocenters. The standard InChI is InChI=1S/C7H14O5.CH4.H2O/c1-5(4-9)12-6(2-3-8)7(10)11;;/h5-6,8-9H,2-4H2,1H3,(H,10,11);1H4;1H2/p-1. The first-order valence-corrected chi connectivity index (χ1v) is 3.69. The SMILES string of the molecule is C.CC(CO)OC(CCO)C(=O)[O-].O. The Morgan fingerprint density at radius 3 is 2.29 bits per heavy atom. The average molecular weight is 211 g/mol. The van der Waals surface area contributed by atoms with Gasteiger partial charge in [0.25, 0.3) is 0 Å². The fraction of sp³-hybridized carbons (Fsp3) is 0.875. The molecule has 0 aliphatic heterocycles. The highest BCUT2D eigenvalue weighted by Gasteiger charge is 2.12. The van der Waals surface area contributed by atoms with Gasteiger partial charge in [-0.25, -0.2) is 0 Å². The lowest BCUT2D eigenvalue weighted by Gasteiger charge is -2.21. The fourth-order valence-corrected chi connectivity index (χ4v) is 0.682. The summed E-state index contributed by atoms with van der Waals surface area (Å²) in [5.41, 5.74) is 0. The molecule has 0 spiro atoms. The van der Waals surface area contributed by atoms with Gasteiger partial charge in [-0.15, -0.1) is 0 Å². The van der Waals surface area contributed by atoms with Gasteiger partial charge in [0.15, 0.2) is 0 Å². The Balaban J connectivity index is -0.000000605. The van der Waals surface area contributed by atoms with E-state index in [1.54, 1.807) is 0 Å². The molecule has 88 valence electrons. The second kappa shape index (κ2) is 10.4. The third-order valence-corrected chi connectivity index (χ3v) is 1.31. The molecular weight excluding hydrogens is 192 g/mol. The fourth-order valence-electron chi connectivity index (χ4n) is 0.682. The van der Waals surface area contributed by atoms with Gasteiger partial charge in [0.1, 0.15) is 0 Å². The minimum atomic E-state index is -1.37. The van der Waals surface area contributed by atoms with Gasteiger partial charge >= 0.3 is 0 Å². The van der Waals surface area contributed by atoms with Crippen molar-refractivity contribution in [2.24, 2.45) is 0 Å². The lowest BCUT2D eigenvalue weighted by molar-refractivity contribution is -0.319. The zero-order valence-corrected chi connectivity index (χ0v) is 7.40. The quantitative estimate of drug-likeness (QED) is 0.511. The Labute approximate surface area is 83.4 Å². The molecule has 0 saturated carbocycles. The van der Waals surface area contributed by atoms with Gasteiger partial charge in [-0.1, -0.05) is 7.43 Å². The van der Waals surface area contributed by atoms with Crippen molar-refractivity contribution in [1.82, 2.24) is 0 Å². The van der Waals surface area contributed by atoms with Crippen LogP contribution in [0.4, 0.5) is 0 Å². The maximum Gasteiger partial charge on any atom is 0.0995 e. The van der Waals surface area contributed by atoms with Crippen LogP contribution in [0.1, 0.15) is 20.8 Å². The third-order valence-electron chi connectivity index (χ3n) is 1.31. The van der Waals surface area contributed by atoms with E-state index in [1.807, 2.05) is 0 Å². The maximum absolute atomic E-state index is 10.3. The topological polar surface area (TPSA) is 121 Å². The van der Waals surface area contributed by atoms with E-state index in [1.165, 1.54) is 6.92 Å². The number of rotatable bonds is 6. The molecule has 6 heteroatoms. The van der Waals surface area contributed by atoms with E-state index < -0.39 is 18.2 Å². The zero-order valence-electron chi connectivity index (χ0n) is 7.40. The highest BCUT2D eigenvalue weighted by Crippen LogP contribution is 2.01. The van der Waals surface area contributed by atoms with Crippen molar-refractivity contribution < 1.29 is 30.3 Å². The van der Waals surface area contributed by atoms with Crippen molar-refractivity contribution >= 4 is 5.97 Å². The summed E-state index contributed by atoms with van der Waals surface area (Å²) in [6.07, 6.45) is -1.72. The molecule has 2 atom stereocenters. The van der Waals surface area contributed by atoms with Crippen LogP contribution in [0, 0.1) is 0 Å². The molecule has 0 aromatic rings. The largest absolute Gasteiger partial charge is 0.547 e. The van der Waals surface area contributed by atoms with Crippen LogP contribution in [0.2, 0.25) is 0 Å². The van der Waals surface area contributed by atoms with Crippen LogP contribution in [0.3, 0.4) is 0 Å². The number of aliphatic hydroxyl groups is 2. The molecule has 0 aromatic carbocycles. The molecule has 14 heavy (non-hydrogen) atoms. The van der Waals surface area contributed by atoms with Gasteiger partial charge in [-0.05, 0) is 6.92 Å². The molecular formula is C8H19O6-. The molecule has 0 aliphatic carbocycles. The minimum absolute atomic E-state index is 0. The smallest absolute Gasteiger partial charge is 0.0995 e. The molecule has 0 saturated heterocycles. The monoisotopic (exact) mass is 211 g/mol. The third kappa shape index (κ3) is 7.93. The van der Waals surface area contributed by atoms with Gasteiger partial charge in [-0.2, -0.15) is 0 Å². The second-order valence-corrected chi connectivity index (χ2v) is 2.45. The summed E-state index contributed by atoms with van der Waals surface area (Å²) >= 11 is 0. The molecule has 0 rings (SSSR count). The molecule has 0 amide bonds. The van der Waals surface area contributed by atoms with Crippen LogP contribution in [0.15, 0.2) is 0 Å². The number of aliphatic carboxylic acids is 1. The summed E-state index contributed by atoms with van der Waals surface area (Å²) in [5, 5.41) is 27.3. The summed E-state index contributed by atoms with van der Waals surface area (Å²) < 4.78 is 4.83. The summed E-state index contributed by atoms with van der Waals surface area (Å²) in [6.45, 7) is 0.999. The van der Waals surface area contributed by atoms with E-state index in [2.05, 4.69) is 0 Å². The summed E-state index contributed by atoms with van der Waals surface area (Å²) in [5.74, 6) is -1.37. The molecule has 4 N–H and O–H groups in total. The van der Waals surface area contributed by atoms with Gasteiger partial charge in [0.05, 0.1) is 24.8 Å². The van der Waals surface area contributed by atoms with Crippen molar-refractivity contribution in [2.75, 3.05) is 13.2 Å². The van der Waals surface area contributed by atoms with Gasteiger partial charge in [-0.3, -0.25) is 0 Å². The first kappa shape index (κ1) is 19.0. The molecule has 0 heterocycles. The number of carbonyl (C=O) groups is 1. The van der Waals surface area contributed by atoms with E-state index in [-0.39, 0.29) is 32.5 Å². The van der Waals surface area contributed by atoms with Crippen LogP contribution in [0.25, 0.3) is 0 Å². The summed E-state index contributed by atoms with van der Waals surface area (Å²) in [7, 11) is 0. The van der Waals surface area contributed by atoms with Crippen molar-refractivity contribution in [3.05, 3.63) is 0 Å². The van der Waals surface area contributed by atoms with Crippen molar-refractivity contribution in [3.8, 4) is 0 Å². The van der Waals surface area contributed by atoms with Gasteiger partial charge < -0.3 is 30.3 Å². The number of hydrogen-bond donors (Lipinski definition) is 2. The van der Waals surface area contributed by atoms with Crippen LogP contribution < -0.4 is 5.11 Å². The highest BCUT2D eigenvalue weighted by atomic mass is 16.5. The zero-order chi connectivity index (χ0) is 9.56. The normalized spacial score (nSPS) is 13.4. The lowest BCUT2D eigenvalue weighted by atomic mass is 10.2. The van der Waals surface area contributed by atoms with Crippen molar-refractivity contribution in [1.29, 1.82) is 0 Å². The van der Waals surface area contributed by atoms with Crippen LogP contribution >= 0.6 is 0 Å². The average Bonchev–Trinajstić information content (AvgIpc) is 2.03. The predicted molar refractivity (Wildman–Crippen MR) is 48.5 cm³/mol. The minimum Gasteiger partial charge on any atom is -0.547 e.